The van der Waals surface area contributed by atoms with Crippen LogP contribution in [0, 0.1) is 17.0 Å². The summed E-state index contributed by atoms with van der Waals surface area (Å²) in [7, 11) is 0. The number of nitrogens with zero attached hydrogens (tertiary/aromatic N) is 4. The van der Waals surface area contributed by atoms with Crippen molar-refractivity contribution in [3.63, 3.8) is 0 Å². The highest BCUT2D eigenvalue weighted by Gasteiger charge is 2.37. The first kappa shape index (κ1) is 16.6. The Labute approximate surface area is 152 Å². The van der Waals surface area contributed by atoms with Gasteiger partial charge in [-0.1, -0.05) is 22.9 Å². The maximum atomic E-state index is 12.5. The van der Waals surface area contributed by atoms with Gasteiger partial charge in [0, 0.05) is 17.7 Å². The number of carbonyl (C=O) groups is 2. The SMILES string of the molecule is Cc1ccc(-c2nc(CN3C(=O)c4ccc([N+](=O)[O-])cc4C3=O)no2)cc1. The molecule has 0 radical (unpaired) electrons. The molecule has 0 spiro atoms. The molecule has 0 unspecified atom stereocenters. The van der Waals surface area contributed by atoms with Crippen molar-refractivity contribution in [3.8, 4) is 11.5 Å². The second-order valence-electron chi connectivity index (χ2n) is 6.07. The molecule has 3 aromatic rings. The molecule has 0 saturated carbocycles. The quantitative estimate of drug-likeness (QED) is 0.396. The molecule has 2 amide bonds. The highest BCUT2D eigenvalue weighted by Crippen LogP contribution is 2.28. The van der Waals surface area contributed by atoms with Crippen LogP contribution >= 0.6 is 0 Å². The Bertz CT molecular complexity index is 1090. The smallest absolute Gasteiger partial charge is 0.270 e. The topological polar surface area (TPSA) is 119 Å². The number of benzene rings is 2. The Balaban J connectivity index is 1.58. The molecule has 0 atom stereocenters. The van der Waals surface area contributed by atoms with Crippen molar-refractivity contribution in [2.75, 3.05) is 0 Å². The fraction of sp³-hybridized carbons (Fsp3) is 0.111. The van der Waals surface area contributed by atoms with Gasteiger partial charge in [-0.2, -0.15) is 4.98 Å². The van der Waals surface area contributed by atoms with Crippen LogP contribution in [-0.2, 0) is 6.54 Å². The van der Waals surface area contributed by atoms with E-state index in [2.05, 4.69) is 10.1 Å². The van der Waals surface area contributed by atoms with Gasteiger partial charge >= 0.3 is 0 Å². The lowest BCUT2D eigenvalue weighted by Crippen LogP contribution is -2.29. The molecular formula is C18H12N4O5. The maximum Gasteiger partial charge on any atom is 0.270 e. The first-order chi connectivity index (χ1) is 12.9. The molecule has 134 valence electrons. The molecule has 1 aliphatic rings. The van der Waals surface area contributed by atoms with E-state index in [1.165, 1.54) is 12.1 Å². The largest absolute Gasteiger partial charge is 0.334 e. The van der Waals surface area contributed by atoms with Gasteiger partial charge < -0.3 is 4.52 Å². The number of amides is 2. The summed E-state index contributed by atoms with van der Waals surface area (Å²) in [6.45, 7) is 1.77. The molecule has 27 heavy (non-hydrogen) atoms. The maximum absolute atomic E-state index is 12.5. The van der Waals surface area contributed by atoms with Crippen LogP contribution in [0.25, 0.3) is 11.5 Å². The van der Waals surface area contributed by atoms with Gasteiger partial charge in [0.05, 0.1) is 22.6 Å². The Morgan fingerprint density at radius 3 is 2.48 bits per heavy atom. The summed E-state index contributed by atoms with van der Waals surface area (Å²) >= 11 is 0. The van der Waals surface area contributed by atoms with Crippen molar-refractivity contribution in [1.82, 2.24) is 15.0 Å². The van der Waals surface area contributed by atoms with E-state index in [0.717, 1.165) is 22.1 Å². The van der Waals surface area contributed by atoms with Crippen molar-refractivity contribution >= 4 is 17.5 Å². The van der Waals surface area contributed by atoms with Gasteiger partial charge in [-0.05, 0) is 25.1 Å². The van der Waals surface area contributed by atoms with Crippen LogP contribution in [0.15, 0.2) is 47.0 Å². The molecule has 1 aromatic heterocycles. The van der Waals surface area contributed by atoms with E-state index in [-0.39, 0.29) is 35.1 Å². The number of aromatic nitrogens is 2. The van der Waals surface area contributed by atoms with Crippen LogP contribution in [-0.4, -0.2) is 31.8 Å². The van der Waals surface area contributed by atoms with Crippen LogP contribution in [0.4, 0.5) is 5.69 Å². The molecule has 0 N–H and O–H groups in total. The number of non-ortho nitro benzene ring substituents is 1. The van der Waals surface area contributed by atoms with Crippen LogP contribution in [0.1, 0.15) is 32.1 Å². The first-order valence-corrected chi connectivity index (χ1v) is 7.98. The summed E-state index contributed by atoms with van der Waals surface area (Å²) in [6, 6.07) is 11.0. The standard InChI is InChI=1S/C18H12N4O5/c1-10-2-4-11(5-3-10)16-19-15(20-27-16)9-21-17(23)13-7-6-12(22(25)26)8-14(13)18(21)24/h2-8H,9H2,1H3. The fourth-order valence-electron chi connectivity index (χ4n) is 2.81. The Morgan fingerprint density at radius 2 is 1.78 bits per heavy atom. The molecule has 9 heteroatoms. The van der Waals surface area contributed by atoms with Gasteiger partial charge in [-0.25, -0.2) is 0 Å². The normalized spacial score (nSPS) is 13.1. The monoisotopic (exact) mass is 364 g/mol. The molecule has 0 fully saturated rings. The van der Waals surface area contributed by atoms with Crippen LogP contribution in [0.5, 0.6) is 0 Å². The Hall–Kier alpha value is -3.88. The molecule has 2 heterocycles. The summed E-state index contributed by atoms with van der Waals surface area (Å²) in [5.74, 6) is -0.737. The fourth-order valence-corrected chi connectivity index (χ4v) is 2.81. The van der Waals surface area contributed by atoms with Gasteiger partial charge in [0.15, 0.2) is 5.82 Å². The Morgan fingerprint density at radius 1 is 1.07 bits per heavy atom. The Kier molecular flexibility index (Phi) is 3.76. The van der Waals surface area contributed by atoms with E-state index >= 15 is 0 Å². The van der Waals surface area contributed by atoms with Gasteiger partial charge in [0.2, 0.25) is 0 Å². The molecule has 4 rings (SSSR count). The van der Waals surface area contributed by atoms with Gasteiger partial charge in [0.1, 0.15) is 0 Å². The lowest BCUT2D eigenvalue weighted by molar-refractivity contribution is -0.384. The minimum absolute atomic E-state index is 0.00328. The van der Waals surface area contributed by atoms with E-state index in [1.54, 1.807) is 0 Å². The number of fused-ring (bicyclic) bond motifs is 1. The number of nitro groups is 1. The molecule has 0 aliphatic carbocycles. The third-order valence-corrected chi connectivity index (χ3v) is 4.23. The van der Waals surface area contributed by atoms with Crippen LogP contribution < -0.4 is 0 Å². The van der Waals surface area contributed by atoms with Crippen molar-refractivity contribution in [1.29, 1.82) is 0 Å². The van der Waals surface area contributed by atoms with E-state index in [1.807, 2.05) is 31.2 Å². The predicted molar refractivity (Wildman–Crippen MR) is 91.8 cm³/mol. The zero-order valence-corrected chi connectivity index (χ0v) is 14.1. The van der Waals surface area contributed by atoms with E-state index in [4.69, 9.17) is 4.52 Å². The molecule has 9 nitrogen and oxygen atoms in total. The van der Waals surface area contributed by atoms with E-state index < -0.39 is 16.7 Å². The number of imide groups is 1. The minimum atomic E-state index is -0.625. The third-order valence-electron chi connectivity index (χ3n) is 4.23. The van der Waals surface area contributed by atoms with Crippen molar-refractivity contribution < 1.29 is 19.0 Å². The second kappa shape index (κ2) is 6.13. The van der Waals surface area contributed by atoms with Crippen LogP contribution in [0.2, 0.25) is 0 Å². The molecule has 0 bridgehead atoms. The highest BCUT2D eigenvalue weighted by atomic mass is 16.6. The zero-order valence-electron chi connectivity index (χ0n) is 14.1. The van der Waals surface area contributed by atoms with Crippen molar-refractivity contribution in [2.24, 2.45) is 0 Å². The third kappa shape index (κ3) is 2.84. The molecule has 1 aliphatic heterocycles. The summed E-state index contributed by atoms with van der Waals surface area (Å²) in [5, 5.41) is 14.7. The lowest BCUT2D eigenvalue weighted by Gasteiger charge is -2.10. The van der Waals surface area contributed by atoms with Crippen molar-refractivity contribution in [3.05, 3.63) is 75.1 Å². The molecular weight excluding hydrogens is 352 g/mol. The second-order valence-corrected chi connectivity index (χ2v) is 6.07. The van der Waals surface area contributed by atoms with E-state index in [0.29, 0.717) is 0 Å². The van der Waals surface area contributed by atoms with Gasteiger partial charge in [-0.3, -0.25) is 24.6 Å². The number of hydrogen-bond donors (Lipinski definition) is 0. The van der Waals surface area contributed by atoms with Gasteiger partial charge in [0.25, 0.3) is 23.4 Å². The zero-order chi connectivity index (χ0) is 19.1. The number of aryl methyl sites for hydroxylation is 1. The number of hydrogen-bond acceptors (Lipinski definition) is 7. The molecule has 2 aromatic carbocycles. The molecule has 0 saturated heterocycles. The average Bonchev–Trinajstić information content (AvgIpc) is 3.21. The van der Waals surface area contributed by atoms with Gasteiger partial charge in [-0.15, -0.1) is 0 Å². The minimum Gasteiger partial charge on any atom is -0.334 e. The van der Waals surface area contributed by atoms with E-state index in [9.17, 15) is 19.7 Å². The highest BCUT2D eigenvalue weighted by molar-refractivity contribution is 6.21. The lowest BCUT2D eigenvalue weighted by atomic mass is 10.1. The van der Waals surface area contributed by atoms with Crippen LogP contribution in [0.3, 0.4) is 0 Å². The summed E-state index contributed by atoms with van der Waals surface area (Å²) < 4.78 is 5.20. The first-order valence-electron chi connectivity index (χ1n) is 7.98. The number of nitro benzene ring substituents is 1. The number of carbonyl (C=O) groups excluding carboxylic acids is 2. The summed E-state index contributed by atoms with van der Waals surface area (Å²) in [6.07, 6.45) is 0. The number of rotatable bonds is 4. The van der Waals surface area contributed by atoms with Crippen molar-refractivity contribution in [2.45, 2.75) is 13.5 Å². The average molecular weight is 364 g/mol. The summed E-state index contributed by atoms with van der Waals surface area (Å²) in [4.78, 5) is 40.4. The predicted octanol–water partition coefficient (Wildman–Crippen LogP) is 2.75. The summed E-state index contributed by atoms with van der Waals surface area (Å²) in [5.41, 5.74) is 1.67.